The Morgan fingerprint density at radius 1 is 1.37 bits per heavy atom. The SMILES string of the molecule is CC1OCCC1CNS(=O)(=O)c1ccc(CN)cc1. The fourth-order valence-corrected chi connectivity index (χ4v) is 3.24. The van der Waals surface area contributed by atoms with Crippen molar-refractivity contribution in [2.45, 2.75) is 30.9 Å². The van der Waals surface area contributed by atoms with Crippen LogP contribution in [0.25, 0.3) is 0 Å². The van der Waals surface area contributed by atoms with E-state index in [1.165, 1.54) is 0 Å². The van der Waals surface area contributed by atoms with Crippen LogP contribution >= 0.6 is 0 Å². The zero-order valence-electron chi connectivity index (χ0n) is 11.0. The number of nitrogens with one attached hydrogen (secondary N) is 1. The summed E-state index contributed by atoms with van der Waals surface area (Å²) in [5, 5.41) is 0. The number of hydrogen-bond acceptors (Lipinski definition) is 4. The monoisotopic (exact) mass is 284 g/mol. The molecule has 6 heteroatoms. The number of rotatable bonds is 5. The third-order valence-corrected chi connectivity index (χ3v) is 4.98. The van der Waals surface area contributed by atoms with E-state index in [9.17, 15) is 8.42 Å². The normalized spacial score (nSPS) is 23.7. The highest BCUT2D eigenvalue weighted by Crippen LogP contribution is 2.20. The summed E-state index contributed by atoms with van der Waals surface area (Å²) in [6, 6.07) is 6.63. The van der Waals surface area contributed by atoms with E-state index >= 15 is 0 Å². The van der Waals surface area contributed by atoms with E-state index < -0.39 is 10.0 Å². The lowest BCUT2D eigenvalue weighted by molar-refractivity contribution is 0.107. The van der Waals surface area contributed by atoms with Crippen molar-refractivity contribution in [2.75, 3.05) is 13.2 Å². The highest BCUT2D eigenvalue weighted by Gasteiger charge is 2.26. The summed E-state index contributed by atoms with van der Waals surface area (Å²) in [5.41, 5.74) is 6.40. The number of nitrogens with two attached hydrogens (primary N) is 1. The molecule has 2 atom stereocenters. The molecular weight excluding hydrogens is 264 g/mol. The van der Waals surface area contributed by atoms with E-state index in [1.807, 2.05) is 6.92 Å². The van der Waals surface area contributed by atoms with Gasteiger partial charge in [0.25, 0.3) is 0 Å². The van der Waals surface area contributed by atoms with Crippen LogP contribution in [-0.4, -0.2) is 27.7 Å². The average molecular weight is 284 g/mol. The molecule has 3 N–H and O–H groups in total. The Hall–Kier alpha value is -0.950. The Balaban J connectivity index is 2.01. The van der Waals surface area contributed by atoms with Crippen LogP contribution in [0.2, 0.25) is 0 Å². The van der Waals surface area contributed by atoms with Crippen LogP contribution in [0.5, 0.6) is 0 Å². The van der Waals surface area contributed by atoms with E-state index in [-0.39, 0.29) is 16.9 Å². The summed E-state index contributed by atoms with van der Waals surface area (Å²) in [6.45, 7) is 3.51. The molecule has 0 bridgehead atoms. The maximum atomic E-state index is 12.1. The van der Waals surface area contributed by atoms with Gasteiger partial charge in [-0.05, 0) is 31.0 Å². The second-order valence-electron chi connectivity index (χ2n) is 4.82. The van der Waals surface area contributed by atoms with Crippen LogP contribution in [0.4, 0.5) is 0 Å². The first-order chi connectivity index (χ1) is 9.03. The summed E-state index contributed by atoms with van der Waals surface area (Å²) < 4.78 is 32.3. The van der Waals surface area contributed by atoms with Crippen molar-refractivity contribution < 1.29 is 13.2 Å². The Kier molecular flexibility index (Phi) is 4.57. The molecule has 106 valence electrons. The first-order valence-electron chi connectivity index (χ1n) is 6.43. The molecular formula is C13H20N2O3S. The highest BCUT2D eigenvalue weighted by molar-refractivity contribution is 7.89. The van der Waals surface area contributed by atoms with Crippen molar-refractivity contribution in [1.82, 2.24) is 4.72 Å². The van der Waals surface area contributed by atoms with Crippen LogP contribution in [0.15, 0.2) is 29.2 Å². The van der Waals surface area contributed by atoms with Crippen molar-refractivity contribution >= 4 is 10.0 Å². The third kappa shape index (κ3) is 3.54. The molecule has 2 rings (SSSR count). The van der Waals surface area contributed by atoms with E-state index in [0.29, 0.717) is 19.7 Å². The molecule has 0 radical (unpaired) electrons. The molecule has 1 heterocycles. The van der Waals surface area contributed by atoms with Gasteiger partial charge < -0.3 is 10.5 Å². The lowest BCUT2D eigenvalue weighted by Gasteiger charge is -2.15. The molecule has 1 aromatic rings. The summed E-state index contributed by atoms with van der Waals surface area (Å²) in [6.07, 6.45) is 1.01. The Morgan fingerprint density at radius 3 is 2.58 bits per heavy atom. The molecule has 1 aromatic carbocycles. The van der Waals surface area contributed by atoms with Gasteiger partial charge in [-0.2, -0.15) is 0 Å². The minimum Gasteiger partial charge on any atom is -0.378 e. The highest BCUT2D eigenvalue weighted by atomic mass is 32.2. The lowest BCUT2D eigenvalue weighted by atomic mass is 10.0. The number of ether oxygens (including phenoxy) is 1. The largest absolute Gasteiger partial charge is 0.378 e. The second kappa shape index (κ2) is 6.00. The van der Waals surface area contributed by atoms with Crippen LogP contribution in [-0.2, 0) is 21.3 Å². The molecule has 1 saturated heterocycles. The van der Waals surface area contributed by atoms with Crippen LogP contribution in [0.1, 0.15) is 18.9 Å². The minimum absolute atomic E-state index is 0.113. The van der Waals surface area contributed by atoms with Gasteiger partial charge in [-0.1, -0.05) is 12.1 Å². The molecule has 19 heavy (non-hydrogen) atoms. The Morgan fingerprint density at radius 2 is 2.05 bits per heavy atom. The molecule has 1 fully saturated rings. The van der Waals surface area contributed by atoms with Crippen LogP contribution in [0, 0.1) is 5.92 Å². The Bertz CT molecular complexity index is 513. The van der Waals surface area contributed by atoms with E-state index in [0.717, 1.165) is 12.0 Å². The molecule has 0 amide bonds. The van der Waals surface area contributed by atoms with Crippen molar-refractivity contribution in [1.29, 1.82) is 0 Å². The van der Waals surface area contributed by atoms with E-state index in [2.05, 4.69) is 4.72 Å². The topological polar surface area (TPSA) is 81.4 Å². The van der Waals surface area contributed by atoms with E-state index in [1.54, 1.807) is 24.3 Å². The molecule has 0 spiro atoms. The molecule has 0 saturated carbocycles. The predicted molar refractivity (Wildman–Crippen MR) is 73.0 cm³/mol. The summed E-state index contributed by atoms with van der Waals surface area (Å²) in [5.74, 6) is 0.248. The molecule has 1 aliphatic rings. The zero-order valence-corrected chi connectivity index (χ0v) is 11.8. The van der Waals surface area contributed by atoms with Crippen molar-refractivity contribution in [3.63, 3.8) is 0 Å². The molecule has 0 aromatic heterocycles. The van der Waals surface area contributed by atoms with Crippen LogP contribution < -0.4 is 10.5 Å². The average Bonchev–Trinajstić information content (AvgIpc) is 2.82. The smallest absolute Gasteiger partial charge is 0.240 e. The maximum absolute atomic E-state index is 12.1. The zero-order chi connectivity index (χ0) is 13.9. The fourth-order valence-electron chi connectivity index (χ4n) is 2.15. The van der Waals surface area contributed by atoms with E-state index in [4.69, 9.17) is 10.5 Å². The van der Waals surface area contributed by atoms with Crippen molar-refractivity contribution in [3.8, 4) is 0 Å². The summed E-state index contributed by atoms with van der Waals surface area (Å²) in [7, 11) is -3.44. The first-order valence-corrected chi connectivity index (χ1v) is 7.91. The van der Waals surface area contributed by atoms with Gasteiger partial charge in [0.15, 0.2) is 0 Å². The third-order valence-electron chi connectivity index (χ3n) is 3.54. The van der Waals surface area contributed by atoms with Crippen LogP contribution in [0.3, 0.4) is 0 Å². The standard InChI is InChI=1S/C13H20N2O3S/c1-10-12(6-7-18-10)9-15-19(16,17)13-4-2-11(8-14)3-5-13/h2-5,10,12,15H,6-9,14H2,1H3. The quantitative estimate of drug-likeness (QED) is 0.840. The van der Waals surface area contributed by atoms with Gasteiger partial charge in [0.2, 0.25) is 10.0 Å². The molecule has 5 nitrogen and oxygen atoms in total. The number of hydrogen-bond donors (Lipinski definition) is 2. The van der Waals surface area contributed by atoms with Gasteiger partial charge in [0, 0.05) is 25.6 Å². The summed E-state index contributed by atoms with van der Waals surface area (Å²) in [4.78, 5) is 0.274. The molecule has 2 unspecified atom stereocenters. The van der Waals surface area contributed by atoms with Gasteiger partial charge in [-0.3, -0.25) is 0 Å². The maximum Gasteiger partial charge on any atom is 0.240 e. The van der Waals surface area contributed by atoms with Gasteiger partial charge >= 0.3 is 0 Å². The lowest BCUT2D eigenvalue weighted by Crippen LogP contribution is -2.32. The number of sulfonamides is 1. The van der Waals surface area contributed by atoms with Crippen molar-refractivity contribution in [2.24, 2.45) is 11.7 Å². The molecule has 1 aliphatic heterocycles. The van der Waals surface area contributed by atoms with Crippen molar-refractivity contribution in [3.05, 3.63) is 29.8 Å². The summed E-state index contributed by atoms with van der Waals surface area (Å²) >= 11 is 0. The number of benzene rings is 1. The first kappa shape index (κ1) is 14.5. The van der Waals surface area contributed by atoms with Gasteiger partial charge in [0.05, 0.1) is 11.0 Å². The van der Waals surface area contributed by atoms with Gasteiger partial charge in [0.1, 0.15) is 0 Å². The Labute approximate surface area is 114 Å². The predicted octanol–water partition coefficient (Wildman–Crippen LogP) is 0.849. The second-order valence-corrected chi connectivity index (χ2v) is 6.59. The van der Waals surface area contributed by atoms with Gasteiger partial charge in [-0.15, -0.1) is 0 Å². The minimum atomic E-state index is -3.44. The fraction of sp³-hybridized carbons (Fsp3) is 0.538. The van der Waals surface area contributed by atoms with Gasteiger partial charge in [-0.25, -0.2) is 13.1 Å². The molecule has 0 aliphatic carbocycles.